The lowest BCUT2D eigenvalue weighted by Gasteiger charge is -2.29. The van der Waals surface area contributed by atoms with Gasteiger partial charge in [-0.05, 0) is 24.8 Å². The zero-order valence-corrected chi connectivity index (χ0v) is 14.7. The van der Waals surface area contributed by atoms with Crippen LogP contribution in [-0.2, 0) is 11.3 Å². The molecule has 2 aromatic rings. The van der Waals surface area contributed by atoms with Gasteiger partial charge in [0.05, 0.1) is 0 Å². The highest BCUT2D eigenvalue weighted by Gasteiger charge is 2.34. The highest BCUT2D eigenvalue weighted by molar-refractivity contribution is 7.09. The molecule has 0 aromatic carbocycles. The highest BCUT2D eigenvalue weighted by Crippen LogP contribution is 2.25. The molecule has 0 radical (unpaired) electrons. The normalized spacial score (nSPS) is 22.6. The lowest BCUT2D eigenvalue weighted by molar-refractivity contribution is -0.133. The fourth-order valence-electron chi connectivity index (χ4n) is 3.16. The van der Waals surface area contributed by atoms with E-state index in [2.05, 4.69) is 21.0 Å². The average molecular weight is 351 g/mol. The molecule has 1 amide bonds. The minimum Gasteiger partial charge on any atom is -0.342 e. The van der Waals surface area contributed by atoms with Crippen LogP contribution in [0.3, 0.4) is 0 Å². The number of hydrogen-bond donors (Lipinski definition) is 0. The highest BCUT2D eigenvalue weighted by atomic mass is 32.1. The van der Waals surface area contributed by atoms with Crippen molar-refractivity contribution in [1.82, 2.24) is 24.6 Å². The molecule has 0 bridgehead atoms. The first-order valence-electron chi connectivity index (χ1n) is 8.04. The number of alkyl halides is 1. The van der Waals surface area contributed by atoms with Gasteiger partial charge < -0.3 is 4.90 Å². The molecular formula is C16H22FN5OS. The van der Waals surface area contributed by atoms with Gasteiger partial charge in [-0.15, -0.1) is 11.3 Å². The molecule has 3 atom stereocenters. The third kappa shape index (κ3) is 3.81. The Balaban J connectivity index is 1.61. The molecule has 24 heavy (non-hydrogen) atoms. The summed E-state index contributed by atoms with van der Waals surface area (Å²) in [5.41, 5.74) is 0. The zero-order valence-electron chi connectivity index (χ0n) is 13.9. The fraction of sp³-hybridized carbons (Fsp3) is 0.562. The third-order valence-electron chi connectivity index (χ3n) is 4.47. The summed E-state index contributed by atoms with van der Waals surface area (Å²) < 4.78 is 15.5. The Morgan fingerprint density at radius 1 is 1.58 bits per heavy atom. The molecular weight excluding hydrogens is 329 g/mol. The van der Waals surface area contributed by atoms with Gasteiger partial charge in [0.25, 0.3) is 0 Å². The van der Waals surface area contributed by atoms with E-state index < -0.39 is 12.2 Å². The van der Waals surface area contributed by atoms with Crippen molar-refractivity contribution >= 4 is 17.2 Å². The summed E-state index contributed by atoms with van der Waals surface area (Å²) in [5, 5.41) is 6.05. The molecule has 0 spiro atoms. The second kappa shape index (κ2) is 7.40. The number of aromatic nitrogens is 3. The van der Waals surface area contributed by atoms with Crippen molar-refractivity contribution in [2.75, 3.05) is 20.1 Å². The van der Waals surface area contributed by atoms with Gasteiger partial charge in [-0.25, -0.2) is 14.1 Å². The Labute approximate surface area is 144 Å². The summed E-state index contributed by atoms with van der Waals surface area (Å²) in [6.07, 6.45) is 2.59. The molecule has 0 N–H and O–H groups in total. The second-order valence-electron chi connectivity index (χ2n) is 6.27. The first kappa shape index (κ1) is 17.0. The van der Waals surface area contributed by atoms with E-state index in [-0.39, 0.29) is 11.9 Å². The van der Waals surface area contributed by atoms with Crippen LogP contribution in [0.2, 0.25) is 0 Å². The van der Waals surface area contributed by atoms with Crippen LogP contribution in [0.1, 0.15) is 24.3 Å². The number of likely N-dealkylation sites (N-methyl/N-ethyl adjacent to an activating group) is 1. The van der Waals surface area contributed by atoms with Crippen molar-refractivity contribution in [3.8, 4) is 0 Å². The number of halogens is 1. The van der Waals surface area contributed by atoms with Gasteiger partial charge in [0.1, 0.15) is 24.9 Å². The number of carbonyl (C=O) groups excluding carboxylic acids is 1. The maximum Gasteiger partial charge on any atom is 0.247 e. The fourth-order valence-corrected chi connectivity index (χ4v) is 3.89. The first-order chi connectivity index (χ1) is 11.5. The molecule has 130 valence electrons. The van der Waals surface area contributed by atoms with E-state index in [1.807, 2.05) is 11.4 Å². The molecule has 0 aliphatic carbocycles. The molecule has 3 heterocycles. The average Bonchev–Trinajstić information content (AvgIpc) is 3.29. The van der Waals surface area contributed by atoms with Crippen molar-refractivity contribution in [1.29, 1.82) is 0 Å². The third-order valence-corrected chi connectivity index (χ3v) is 5.33. The van der Waals surface area contributed by atoms with Crippen LogP contribution in [0.4, 0.5) is 4.39 Å². The monoisotopic (exact) mass is 351 g/mol. The predicted molar refractivity (Wildman–Crippen MR) is 90.4 cm³/mol. The maximum atomic E-state index is 13.9. The maximum absolute atomic E-state index is 13.9. The van der Waals surface area contributed by atoms with Gasteiger partial charge in [-0.2, -0.15) is 5.10 Å². The van der Waals surface area contributed by atoms with Gasteiger partial charge >= 0.3 is 0 Å². The number of thiophene rings is 1. The molecule has 1 aliphatic heterocycles. The number of amides is 1. The molecule has 1 saturated heterocycles. The minimum absolute atomic E-state index is 0.0407. The topological polar surface area (TPSA) is 54.3 Å². The van der Waals surface area contributed by atoms with Crippen LogP contribution in [0, 0.1) is 0 Å². The summed E-state index contributed by atoms with van der Waals surface area (Å²) in [6.45, 7) is 3.49. The molecule has 3 rings (SSSR count). The largest absolute Gasteiger partial charge is 0.342 e. The number of rotatable bonds is 6. The van der Waals surface area contributed by atoms with Crippen molar-refractivity contribution in [2.45, 2.75) is 38.1 Å². The van der Waals surface area contributed by atoms with Gasteiger partial charge in [0.15, 0.2) is 0 Å². The summed E-state index contributed by atoms with van der Waals surface area (Å²) in [4.78, 5) is 21.5. The Hall–Kier alpha value is -1.80. The molecule has 1 aliphatic rings. The molecule has 2 aromatic heterocycles. The van der Waals surface area contributed by atoms with Crippen LogP contribution in [0.15, 0.2) is 30.2 Å². The quantitative estimate of drug-likeness (QED) is 0.798. The summed E-state index contributed by atoms with van der Waals surface area (Å²) in [7, 11) is 1.77. The first-order valence-corrected chi connectivity index (χ1v) is 8.92. The van der Waals surface area contributed by atoms with Crippen molar-refractivity contribution < 1.29 is 9.18 Å². The molecule has 1 fully saturated rings. The zero-order chi connectivity index (χ0) is 17.1. The van der Waals surface area contributed by atoms with Crippen LogP contribution < -0.4 is 0 Å². The summed E-state index contributed by atoms with van der Waals surface area (Å²) >= 11 is 1.68. The van der Waals surface area contributed by atoms with Crippen LogP contribution in [0.5, 0.6) is 0 Å². The lowest BCUT2D eigenvalue weighted by Crippen LogP contribution is -2.43. The van der Waals surface area contributed by atoms with Gasteiger partial charge in [-0.1, -0.05) is 6.07 Å². The van der Waals surface area contributed by atoms with E-state index in [1.165, 1.54) is 22.2 Å². The molecule has 0 saturated carbocycles. The standard InChI is InChI=1S/C16H22FN5OS/c1-12(22-11-18-10-19-22)16(23)20(2)8-14-6-13(17)7-21(14)9-15-4-3-5-24-15/h3-5,10-14H,6-9H2,1-2H3/t12-,13+,14+/m1/s1. The van der Waals surface area contributed by atoms with Crippen LogP contribution in [0.25, 0.3) is 0 Å². The summed E-state index contributed by atoms with van der Waals surface area (Å²) in [6, 6.07) is 3.70. The molecule has 6 nitrogen and oxygen atoms in total. The van der Waals surface area contributed by atoms with E-state index in [9.17, 15) is 9.18 Å². The van der Waals surface area contributed by atoms with E-state index in [4.69, 9.17) is 0 Å². The molecule has 8 heteroatoms. The number of likely N-dealkylation sites (tertiary alicyclic amines) is 1. The molecule has 0 unspecified atom stereocenters. The van der Waals surface area contributed by atoms with Gasteiger partial charge in [0.2, 0.25) is 5.91 Å². The smallest absolute Gasteiger partial charge is 0.247 e. The minimum atomic E-state index is -0.828. The van der Waals surface area contributed by atoms with Gasteiger partial charge in [0, 0.05) is 37.6 Å². The second-order valence-corrected chi connectivity index (χ2v) is 7.30. The predicted octanol–water partition coefficient (Wildman–Crippen LogP) is 1.97. The number of carbonyl (C=O) groups is 1. The van der Waals surface area contributed by atoms with Crippen LogP contribution in [-0.4, -0.2) is 62.8 Å². The van der Waals surface area contributed by atoms with E-state index in [0.717, 1.165) is 6.54 Å². The van der Waals surface area contributed by atoms with Gasteiger partial charge in [-0.3, -0.25) is 9.69 Å². The Morgan fingerprint density at radius 3 is 3.08 bits per heavy atom. The Morgan fingerprint density at radius 2 is 2.42 bits per heavy atom. The van der Waals surface area contributed by atoms with Crippen LogP contribution >= 0.6 is 11.3 Å². The Kier molecular flexibility index (Phi) is 5.25. The van der Waals surface area contributed by atoms with E-state index in [0.29, 0.717) is 19.5 Å². The Bertz CT molecular complexity index is 647. The van der Waals surface area contributed by atoms with Crippen molar-refractivity contribution in [3.05, 3.63) is 35.0 Å². The SMILES string of the molecule is C[C@H](C(=O)N(C)C[C@@H]1C[C@H](F)CN1Cc1cccs1)n1cncn1. The summed E-state index contributed by atoms with van der Waals surface area (Å²) in [5.74, 6) is -0.0427. The number of hydrogen-bond acceptors (Lipinski definition) is 5. The number of nitrogens with zero attached hydrogens (tertiary/aromatic N) is 5. The van der Waals surface area contributed by atoms with E-state index >= 15 is 0 Å². The van der Waals surface area contributed by atoms with Crippen molar-refractivity contribution in [2.24, 2.45) is 0 Å². The van der Waals surface area contributed by atoms with Crippen molar-refractivity contribution in [3.63, 3.8) is 0 Å². The van der Waals surface area contributed by atoms with E-state index in [1.54, 1.807) is 30.2 Å². The lowest BCUT2D eigenvalue weighted by atomic mass is 10.2.